The van der Waals surface area contributed by atoms with Crippen LogP contribution in [-0.2, 0) is 0 Å². The first-order valence-corrected chi connectivity index (χ1v) is 2.67. The molecule has 0 saturated heterocycles. The van der Waals surface area contributed by atoms with Gasteiger partial charge in [0, 0.05) is 18.3 Å². The van der Waals surface area contributed by atoms with Gasteiger partial charge in [0.2, 0.25) is 0 Å². The van der Waals surface area contributed by atoms with Crippen LogP contribution in [0, 0.1) is 11.8 Å². The van der Waals surface area contributed by atoms with Crippen molar-refractivity contribution >= 4 is 6.21 Å². The van der Waals surface area contributed by atoms with Crippen LogP contribution in [0.4, 0.5) is 0 Å². The maximum absolute atomic E-state index is 3.99. The van der Waals surface area contributed by atoms with E-state index in [1.807, 2.05) is 12.4 Å². The van der Waals surface area contributed by atoms with Crippen molar-refractivity contribution in [2.75, 3.05) is 0 Å². The van der Waals surface area contributed by atoms with E-state index in [0.717, 1.165) is 11.8 Å². The van der Waals surface area contributed by atoms with E-state index in [4.69, 9.17) is 0 Å². The molecule has 1 nitrogen and oxygen atoms in total. The molecule has 7 heavy (non-hydrogen) atoms. The standard InChI is InChI=1S/C6H7N/c1-2-7-4-6-3-5(1)6/h1-2,4-6H,3H2. The van der Waals surface area contributed by atoms with E-state index < -0.39 is 0 Å². The lowest BCUT2D eigenvalue weighted by molar-refractivity contribution is 1.03. The van der Waals surface area contributed by atoms with Gasteiger partial charge in [-0.1, -0.05) is 6.08 Å². The highest BCUT2D eigenvalue weighted by Crippen LogP contribution is 2.39. The molecule has 2 aliphatic rings. The minimum Gasteiger partial charge on any atom is -0.269 e. The molecule has 1 saturated carbocycles. The lowest BCUT2D eigenvalue weighted by atomic mass is 10.3. The molecular formula is C6H7N. The summed E-state index contributed by atoms with van der Waals surface area (Å²) in [5.41, 5.74) is 0. The molecule has 0 radical (unpaired) electrons. The Morgan fingerprint density at radius 3 is 3.00 bits per heavy atom. The molecule has 0 bridgehead atoms. The SMILES string of the molecule is C1=CC2CC2C=N1. The first-order valence-electron chi connectivity index (χ1n) is 2.67. The van der Waals surface area contributed by atoms with Crippen molar-refractivity contribution in [3.63, 3.8) is 0 Å². The van der Waals surface area contributed by atoms with Crippen LogP contribution in [0.3, 0.4) is 0 Å². The maximum Gasteiger partial charge on any atom is 0.0227 e. The molecule has 0 aromatic rings. The number of nitrogens with zero attached hydrogens (tertiary/aromatic N) is 1. The molecule has 2 atom stereocenters. The van der Waals surface area contributed by atoms with Crippen molar-refractivity contribution in [3.05, 3.63) is 12.3 Å². The average Bonchev–Trinajstić information content (AvgIpc) is 2.41. The van der Waals surface area contributed by atoms with Crippen molar-refractivity contribution in [2.45, 2.75) is 6.42 Å². The van der Waals surface area contributed by atoms with Gasteiger partial charge in [0.1, 0.15) is 0 Å². The molecule has 1 fully saturated rings. The molecule has 1 heteroatoms. The molecular weight excluding hydrogens is 86.1 g/mol. The lowest BCUT2D eigenvalue weighted by Crippen LogP contribution is -1.82. The van der Waals surface area contributed by atoms with Gasteiger partial charge in [0.05, 0.1) is 0 Å². The summed E-state index contributed by atoms with van der Waals surface area (Å²) in [5, 5.41) is 0. The van der Waals surface area contributed by atoms with Crippen LogP contribution in [0.5, 0.6) is 0 Å². The molecule has 0 N–H and O–H groups in total. The second kappa shape index (κ2) is 0.971. The zero-order valence-corrected chi connectivity index (χ0v) is 4.04. The van der Waals surface area contributed by atoms with Gasteiger partial charge in [-0.25, -0.2) is 0 Å². The number of allylic oxidation sites excluding steroid dienone is 1. The molecule has 0 aromatic carbocycles. The maximum atomic E-state index is 3.99. The number of aliphatic imine (C=N–C) groups is 1. The predicted octanol–water partition coefficient (Wildman–Crippen LogP) is 1.22. The third-order valence-electron chi connectivity index (χ3n) is 1.59. The van der Waals surface area contributed by atoms with E-state index in [1.54, 1.807) is 0 Å². The summed E-state index contributed by atoms with van der Waals surface area (Å²) in [7, 11) is 0. The third-order valence-corrected chi connectivity index (χ3v) is 1.59. The normalized spacial score (nSPS) is 43.4. The van der Waals surface area contributed by atoms with Gasteiger partial charge in [-0.2, -0.15) is 0 Å². The van der Waals surface area contributed by atoms with E-state index in [0.29, 0.717) is 0 Å². The van der Waals surface area contributed by atoms with Crippen molar-refractivity contribution in [2.24, 2.45) is 16.8 Å². The zero-order valence-electron chi connectivity index (χ0n) is 4.04. The highest BCUT2D eigenvalue weighted by Gasteiger charge is 2.34. The summed E-state index contributed by atoms with van der Waals surface area (Å²) in [4.78, 5) is 3.99. The predicted molar refractivity (Wildman–Crippen MR) is 29.2 cm³/mol. The fourth-order valence-electron chi connectivity index (χ4n) is 0.949. The molecule has 2 unspecified atom stereocenters. The van der Waals surface area contributed by atoms with E-state index in [-0.39, 0.29) is 0 Å². The number of rotatable bonds is 0. The van der Waals surface area contributed by atoms with Crippen molar-refractivity contribution < 1.29 is 0 Å². The Morgan fingerprint density at radius 2 is 2.43 bits per heavy atom. The van der Waals surface area contributed by atoms with Gasteiger partial charge in [-0.05, 0) is 12.3 Å². The van der Waals surface area contributed by atoms with Gasteiger partial charge >= 0.3 is 0 Å². The Morgan fingerprint density at radius 1 is 1.43 bits per heavy atom. The lowest BCUT2D eigenvalue weighted by Gasteiger charge is -1.87. The molecule has 0 spiro atoms. The topological polar surface area (TPSA) is 12.4 Å². The van der Waals surface area contributed by atoms with Crippen LogP contribution in [0.1, 0.15) is 6.42 Å². The van der Waals surface area contributed by atoms with Crippen LogP contribution in [0.2, 0.25) is 0 Å². The Balaban J connectivity index is 2.28. The average molecular weight is 93.1 g/mol. The Hall–Kier alpha value is -0.590. The van der Waals surface area contributed by atoms with E-state index >= 15 is 0 Å². The smallest absolute Gasteiger partial charge is 0.0227 e. The fraction of sp³-hybridized carbons (Fsp3) is 0.500. The van der Waals surface area contributed by atoms with Crippen LogP contribution in [0.15, 0.2) is 17.3 Å². The van der Waals surface area contributed by atoms with Crippen LogP contribution < -0.4 is 0 Å². The fourth-order valence-corrected chi connectivity index (χ4v) is 0.949. The molecule has 1 heterocycles. The van der Waals surface area contributed by atoms with Crippen molar-refractivity contribution in [1.82, 2.24) is 0 Å². The number of hydrogen-bond donors (Lipinski definition) is 0. The summed E-state index contributed by atoms with van der Waals surface area (Å²) in [6.07, 6.45) is 7.48. The summed E-state index contributed by atoms with van der Waals surface area (Å²) < 4.78 is 0. The van der Waals surface area contributed by atoms with E-state index in [9.17, 15) is 0 Å². The summed E-state index contributed by atoms with van der Waals surface area (Å²) in [6, 6.07) is 0. The molecule has 1 aliphatic heterocycles. The van der Waals surface area contributed by atoms with Gasteiger partial charge < -0.3 is 0 Å². The monoisotopic (exact) mass is 93.1 g/mol. The van der Waals surface area contributed by atoms with Crippen LogP contribution in [0.25, 0.3) is 0 Å². The molecule has 2 rings (SSSR count). The van der Waals surface area contributed by atoms with Crippen LogP contribution >= 0.6 is 0 Å². The summed E-state index contributed by atoms with van der Waals surface area (Å²) >= 11 is 0. The van der Waals surface area contributed by atoms with Crippen molar-refractivity contribution in [1.29, 1.82) is 0 Å². The number of hydrogen-bond acceptors (Lipinski definition) is 1. The zero-order chi connectivity index (χ0) is 4.69. The Labute approximate surface area is 42.8 Å². The van der Waals surface area contributed by atoms with E-state index in [2.05, 4.69) is 11.1 Å². The minimum absolute atomic E-state index is 0.824. The largest absolute Gasteiger partial charge is 0.269 e. The number of fused-ring (bicyclic) bond motifs is 1. The van der Waals surface area contributed by atoms with Gasteiger partial charge in [-0.3, -0.25) is 4.99 Å². The van der Waals surface area contributed by atoms with Crippen LogP contribution in [-0.4, -0.2) is 6.21 Å². The van der Waals surface area contributed by atoms with Gasteiger partial charge in [0.15, 0.2) is 0 Å². The van der Waals surface area contributed by atoms with E-state index in [1.165, 1.54) is 6.42 Å². The summed E-state index contributed by atoms with van der Waals surface area (Å²) in [6.45, 7) is 0. The Bertz CT molecular complexity index is 119. The van der Waals surface area contributed by atoms with Gasteiger partial charge in [0.25, 0.3) is 0 Å². The minimum atomic E-state index is 0.824. The first kappa shape index (κ1) is 3.42. The molecule has 1 aliphatic carbocycles. The Kier molecular flexibility index (Phi) is 0.474. The molecule has 36 valence electrons. The third kappa shape index (κ3) is 0.408. The summed E-state index contributed by atoms with van der Waals surface area (Å²) in [5.74, 6) is 1.70. The molecule has 0 amide bonds. The molecule has 0 aromatic heterocycles. The van der Waals surface area contributed by atoms with Gasteiger partial charge in [-0.15, -0.1) is 0 Å². The highest BCUT2D eigenvalue weighted by molar-refractivity contribution is 5.67. The first-order chi connectivity index (χ1) is 3.47. The second-order valence-electron chi connectivity index (χ2n) is 2.20. The van der Waals surface area contributed by atoms with Crippen molar-refractivity contribution in [3.8, 4) is 0 Å². The second-order valence-corrected chi connectivity index (χ2v) is 2.20. The highest BCUT2D eigenvalue weighted by atomic mass is 14.7. The quantitative estimate of drug-likeness (QED) is 0.427.